The summed E-state index contributed by atoms with van der Waals surface area (Å²) in [7, 11) is 0. The van der Waals surface area contributed by atoms with Crippen LogP contribution in [0.4, 0.5) is 13.2 Å². The maximum atomic E-state index is 12.2. The van der Waals surface area contributed by atoms with Crippen LogP contribution in [0.3, 0.4) is 0 Å². The first kappa shape index (κ1) is 17.8. The van der Waals surface area contributed by atoms with Gasteiger partial charge in [0.05, 0.1) is 24.7 Å². The molecule has 3 rings (SSSR count). The van der Waals surface area contributed by atoms with E-state index in [9.17, 15) is 13.2 Å². The first-order valence-corrected chi connectivity index (χ1v) is 8.14. The molecule has 25 heavy (non-hydrogen) atoms. The molecule has 0 spiro atoms. The summed E-state index contributed by atoms with van der Waals surface area (Å²) < 4.78 is 46.2. The SMILES string of the molecule is FC(F)(F)Oc1ccc(CN2CCC(OCc3c[nH]cn3)CC2)cc1. The van der Waals surface area contributed by atoms with Crippen LogP contribution in [0, 0.1) is 0 Å². The van der Waals surface area contributed by atoms with Crippen LogP contribution in [0.5, 0.6) is 5.75 Å². The predicted octanol–water partition coefficient (Wildman–Crippen LogP) is 3.49. The number of imidazole rings is 1. The van der Waals surface area contributed by atoms with Crippen molar-refractivity contribution in [2.45, 2.75) is 38.5 Å². The lowest BCUT2D eigenvalue weighted by molar-refractivity contribution is -0.274. The van der Waals surface area contributed by atoms with Crippen LogP contribution in [0.15, 0.2) is 36.8 Å². The summed E-state index contributed by atoms with van der Waals surface area (Å²) in [6.45, 7) is 3.01. The molecule has 5 nitrogen and oxygen atoms in total. The Labute approximate surface area is 143 Å². The quantitative estimate of drug-likeness (QED) is 0.862. The molecule has 1 aliphatic rings. The molecule has 0 radical (unpaired) electrons. The average Bonchev–Trinajstić information content (AvgIpc) is 3.08. The minimum absolute atomic E-state index is 0.193. The normalized spacial score (nSPS) is 16.9. The highest BCUT2D eigenvalue weighted by Gasteiger charge is 2.31. The Morgan fingerprint density at radius 1 is 1.16 bits per heavy atom. The Hall–Kier alpha value is -2.06. The number of alkyl halides is 3. The van der Waals surface area contributed by atoms with Gasteiger partial charge in [0.25, 0.3) is 0 Å². The number of halogens is 3. The Kier molecular flexibility index (Phi) is 5.60. The van der Waals surface area contributed by atoms with E-state index in [-0.39, 0.29) is 11.9 Å². The zero-order chi connectivity index (χ0) is 17.7. The minimum atomic E-state index is -4.65. The maximum absolute atomic E-state index is 12.2. The van der Waals surface area contributed by atoms with E-state index in [0.717, 1.165) is 37.2 Å². The summed E-state index contributed by atoms with van der Waals surface area (Å²) in [6, 6.07) is 6.04. The fourth-order valence-electron chi connectivity index (χ4n) is 2.86. The third-order valence-electron chi connectivity index (χ3n) is 4.12. The maximum Gasteiger partial charge on any atom is 0.573 e. The number of hydrogen-bond donors (Lipinski definition) is 1. The van der Waals surface area contributed by atoms with E-state index < -0.39 is 6.36 Å². The summed E-state index contributed by atoms with van der Waals surface area (Å²) in [6.07, 6.45) is 0.877. The van der Waals surface area contributed by atoms with E-state index in [1.165, 1.54) is 12.1 Å². The highest BCUT2D eigenvalue weighted by Crippen LogP contribution is 2.23. The largest absolute Gasteiger partial charge is 0.573 e. The number of nitrogens with one attached hydrogen (secondary N) is 1. The topological polar surface area (TPSA) is 50.4 Å². The van der Waals surface area contributed by atoms with Gasteiger partial charge in [-0.25, -0.2) is 4.98 Å². The van der Waals surface area contributed by atoms with Crippen molar-refractivity contribution < 1.29 is 22.6 Å². The van der Waals surface area contributed by atoms with E-state index in [1.807, 2.05) is 6.20 Å². The van der Waals surface area contributed by atoms with Gasteiger partial charge in [0.2, 0.25) is 0 Å². The second kappa shape index (κ2) is 7.88. The van der Waals surface area contributed by atoms with Crippen LogP contribution in [-0.2, 0) is 17.9 Å². The molecule has 1 aromatic heterocycles. The molecule has 0 amide bonds. The van der Waals surface area contributed by atoms with Crippen LogP contribution < -0.4 is 4.74 Å². The zero-order valence-electron chi connectivity index (χ0n) is 13.6. The molecule has 1 N–H and O–H groups in total. The van der Waals surface area contributed by atoms with E-state index >= 15 is 0 Å². The van der Waals surface area contributed by atoms with Crippen molar-refractivity contribution in [1.29, 1.82) is 0 Å². The van der Waals surface area contributed by atoms with E-state index in [4.69, 9.17) is 4.74 Å². The van der Waals surface area contributed by atoms with Gasteiger partial charge in [-0.05, 0) is 30.5 Å². The van der Waals surface area contributed by atoms with Gasteiger partial charge in [-0.3, -0.25) is 4.90 Å². The predicted molar refractivity (Wildman–Crippen MR) is 84.8 cm³/mol. The summed E-state index contributed by atoms with van der Waals surface area (Å²) in [4.78, 5) is 9.30. The monoisotopic (exact) mass is 355 g/mol. The molecule has 0 saturated carbocycles. The van der Waals surface area contributed by atoms with Gasteiger partial charge in [0, 0.05) is 25.8 Å². The van der Waals surface area contributed by atoms with Gasteiger partial charge in [-0.1, -0.05) is 12.1 Å². The van der Waals surface area contributed by atoms with Crippen LogP contribution >= 0.6 is 0 Å². The minimum Gasteiger partial charge on any atom is -0.406 e. The fourth-order valence-corrected chi connectivity index (χ4v) is 2.86. The molecular formula is C17H20F3N3O2. The molecule has 2 aromatic rings. The van der Waals surface area contributed by atoms with Crippen molar-refractivity contribution in [2.75, 3.05) is 13.1 Å². The molecule has 0 aliphatic carbocycles. The second-order valence-electron chi connectivity index (χ2n) is 6.04. The standard InChI is InChI=1S/C17H20F3N3O2/c18-17(19,20)25-16-3-1-13(2-4-16)10-23-7-5-15(6-8-23)24-11-14-9-21-12-22-14/h1-4,9,12,15H,5-8,10-11H2,(H,21,22). The van der Waals surface area contributed by atoms with Crippen molar-refractivity contribution >= 4 is 0 Å². The lowest BCUT2D eigenvalue weighted by Gasteiger charge is -2.31. The molecule has 2 heterocycles. The molecular weight excluding hydrogens is 335 g/mol. The lowest BCUT2D eigenvalue weighted by Crippen LogP contribution is -2.36. The number of nitrogens with zero attached hydrogens (tertiary/aromatic N) is 2. The van der Waals surface area contributed by atoms with Crippen molar-refractivity contribution in [3.05, 3.63) is 48.0 Å². The summed E-state index contributed by atoms with van der Waals surface area (Å²) in [5, 5.41) is 0. The Bertz CT molecular complexity index is 636. The first-order valence-electron chi connectivity index (χ1n) is 8.14. The van der Waals surface area contributed by atoms with Crippen molar-refractivity contribution in [2.24, 2.45) is 0 Å². The number of benzene rings is 1. The fraction of sp³-hybridized carbons (Fsp3) is 0.471. The van der Waals surface area contributed by atoms with Crippen LogP contribution in [0.2, 0.25) is 0 Å². The Balaban J connectivity index is 1.41. The van der Waals surface area contributed by atoms with Gasteiger partial charge in [-0.2, -0.15) is 0 Å². The molecule has 8 heteroatoms. The third-order valence-corrected chi connectivity index (χ3v) is 4.12. The molecule has 1 aliphatic heterocycles. The van der Waals surface area contributed by atoms with Gasteiger partial charge in [-0.15, -0.1) is 13.2 Å². The number of aromatic nitrogens is 2. The molecule has 0 bridgehead atoms. The number of aromatic amines is 1. The lowest BCUT2D eigenvalue weighted by atomic mass is 10.1. The molecule has 0 unspecified atom stereocenters. The van der Waals surface area contributed by atoms with Gasteiger partial charge >= 0.3 is 6.36 Å². The Morgan fingerprint density at radius 2 is 1.88 bits per heavy atom. The van der Waals surface area contributed by atoms with Crippen LogP contribution in [-0.4, -0.2) is 40.4 Å². The van der Waals surface area contributed by atoms with E-state index in [1.54, 1.807) is 18.5 Å². The Morgan fingerprint density at radius 3 is 2.48 bits per heavy atom. The number of piperidine rings is 1. The zero-order valence-corrected chi connectivity index (χ0v) is 13.6. The molecule has 1 saturated heterocycles. The number of H-pyrrole nitrogens is 1. The van der Waals surface area contributed by atoms with Crippen molar-refractivity contribution in [3.8, 4) is 5.75 Å². The smallest absolute Gasteiger partial charge is 0.406 e. The highest BCUT2D eigenvalue weighted by atomic mass is 19.4. The van der Waals surface area contributed by atoms with Gasteiger partial charge < -0.3 is 14.5 Å². The van der Waals surface area contributed by atoms with Crippen LogP contribution in [0.1, 0.15) is 24.1 Å². The number of likely N-dealkylation sites (tertiary alicyclic amines) is 1. The molecule has 1 aromatic carbocycles. The highest BCUT2D eigenvalue weighted by molar-refractivity contribution is 5.27. The second-order valence-corrected chi connectivity index (χ2v) is 6.04. The van der Waals surface area contributed by atoms with E-state index in [2.05, 4.69) is 19.6 Å². The number of hydrogen-bond acceptors (Lipinski definition) is 4. The van der Waals surface area contributed by atoms with Crippen LogP contribution in [0.25, 0.3) is 0 Å². The van der Waals surface area contributed by atoms with Crippen molar-refractivity contribution in [3.63, 3.8) is 0 Å². The molecule has 1 fully saturated rings. The molecule has 136 valence electrons. The van der Waals surface area contributed by atoms with Crippen molar-refractivity contribution in [1.82, 2.24) is 14.9 Å². The van der Waals surface area contributed by atoms with E-state index in [0.29, 0.717) is 13.2 Å². The van der Waals surface area contributed by atoms with Gasteiger partial charge in [0.15, 0.2) is 0 Å². The first-order chi connectivity index (χ1) is 12.0. The van der Waals surface area contributed by atoms with Gasteiger partial charge in [0.1, 0.15) is 5.75 Å². The molecule has 0 atom stereocenters. The summed E-state index contributed by atoms with van der Waals surface area (Å²) in [5.74, 6) is -0.193. The number of ether oxygens (including phenoxy) is 2. The third kappa shape index (κ3) is 5.75. The summed E-state index contributed by atoms with van der Waals surface area (Å²) >= 11 is 0. The number of rotatable bonds is 6. The average molecular weight is 355 g/mol. The summed E-state index contributed by atoms with van der Waals surface area (Å²) in [5.41, 5.74) is 1.86.